The van der Waals surface area contributed by atoms with Crippen molar-refractivity contribution in [3.63, 3.8) is 0 Å². The van der Waals surface area contributed by atoms with Crippen molar-refractivity contribution in [1.82, 2.24) is 15.3 Å². The van der Waals surface area contributed by atoms with Crippen LogP contribution in [0.5, 0.6) is 0 Å². The van der Waals surface area contributed by atoms with Gasteiger partial charge < -0.3 is 10.6 Å². The van der Waals surface area contributed by atoms with E-state index in [-0.39, 0.29) is 11.9 Å². The number of rotatable bonds is 5. The number of amides is 1. The third kappa shape index (κ3) is 4.06. The van der Waals surface area contributed by atoms with Gasteiger partial charge in [-0.3, -0.25) is 4.79 Å². The molecule has 2 N–H and O–H groups in total. The Bertz CT molecular complexity index is 889. The van der Waals surface area contributed by atoms with Gasteiger partial charge in [0, 0.05) is 11.8 Å². The largest absolute Gasteiger partial charge is 0.344 e. The lowest BCUT2D eigenvalue weighted by Crippen LogP contribution is -2.27. The molecule has 2 aromatic carbocycles. The van der Waals surface area contributed by atoms with Crippen molar-refractivity contribution in [3.8, 4) is 0 Å². The maximum absolute atomic E-state index is 12.5. The summed E-state index contributed by atoms with van der Waals surface area (Å²) in [5, 5.41) is 6.26. The van der Waals surface area contributed by atoms with Gasteiger partial charge in [0.05, 0.1) is 6.04 Å². The summed E-state index contributed by atoms with van der Waals surface area (Å²) in [6.45, 7) is 6.02. The van der Waals surface area contributed by atoms with Crippen molar-refractivity contribution in [2.45, 2.75) is 26.8 Å². The quantitative estimate of drug-likeness (QED) is 0.722. The van der Waals surface area contributed by atoms with Crippen LogP contribution in [0.15, 0.2) is 60.9 Å². The highest BCUT2D eigenvalue weighted by molar-refractivity contribution is 5.93. The summed E-state index contributed by atoms with van der Waals surface area (Å²) in [7, 11) is 0. The van der Waals surface area contributed by atoms with E-state index in [0.29, 0.717) is 11.5 Å². The summed E-state index contributed by atoms with van der Waals surface area (Å²) in [6.07, 6.45) is 1.40. The molecule has 0 aliphatic rings. The molecule has 5 nitrogen and oxygen atoms in total. The number of hydrogen-bond acceptors (Lipinski definition) is 4. The van der Waals surface area contributed by atoms with Crippen LogP contribution >= 0.6 is 0 Å². The van der Waals surface area contributed by atoms with E-state index in [1.54, 1.807) is 6.07 Å². The lowest BCUT2D eigenvalue weighted by atomic mass is 10.1. The first-order valence-electron chi connectivity index (χ1n) is 8.55. The smallest absolute Gasteiger partial charge is 0.270 e. The number of aromatic nitrogens is 2. The summed E-state index contributed by atoms with van der Waals surface area (Å²) in [5.74, 6) is 0.364. The maximum Gasteiger partial charge on any atom is 0.270 e. The highest BCUT2D eigenvalue weighted by Gasteiger charge is 2.14. The number of nitrogens with zero attached hydrogens (tertiary/aromatic N) is 2. The molecule has 5 heteroatoms. The molecule has 1 unspecified atom stereocenters. The van der Waals surface area contributed by atoms with Crippen LogP contribution < -0.4 is 10.6 Å². The third-order valence-electron chi connectivity index (χ3n) is 4.28. The monoisotopic (exact) mass is 346 g/mol. The molecule has 1 atom stereocenters. The van der Waals surface area contributed by atoms with E-state index in [4.69, 9.17) is 0 Å². The molecular formula is C21H22N4O. The lowest BCUT2D eigenvalue weighted by molar-refractivity contribution is 0.0934. The topological polar surface area (TPSA) is 66.9 Å². The van der Waals surface area contributed by atoms with Gasteiger partial charge in [-0.05, 0) is 37.5 Å². The van der Waals surface area contributed by atoms with E-state index in [1.807, 2.05) is 69.3 Å². The second-order valence-corrected chi connectivity index (χ2v) is 6.29. The number of aryl methyl sites for hydroxylation is 2. The predicted octanol–water partition coefficient (Wildman–Crippen LogP) is 4.33. The highest BCUT2D eigenvalue weighted by atomic mass is 16.1. The minimum absolute atomic E-state index is 0.103. The van der Waals surface area contributed by atoms with Crippen LogP contribution in [-0.2, 0) is 0 Å². The van der Waals surface area contributed by atoms with Crippen molar-refractivity contribution in [2.75, 3.05) is 5.32 Å². The Hall–Kier alpha value is -3.21. The minimum Gasteiger partial charge on any atom is -0.344 e. The molecule has 26 heavy (non-hydrogen) atoms. The molecule has 1 heterocycles. The molecule has 3 rings (SSSR count). The first kappa shape index (κ1) is 17.6. The van der Waals surface area contributed by atoms with Gasteiger partial charge in [0.25, 0.3) is 5.91 Å². The van der Waals surface area contributed by atoms with Crippen LogP contribution in [0.3, 0.4) is 0 Å². The molecule has 3 aromatic rings. The Labute approximate surface area is 153 Å². The fourth-order valence-corrected chi connectivity index (χ4v) is 2.79. The molecule has 0 saturated heterocycles. The van der Waals surface area contributed by atoms with Crippen LogP contribution in [0.2, 0.25) is 0 Å². The van der Waals surface area contributed by atoms with Crippen molar-refractivity contribution in [3.05, 3.63) is 83.3 Å². The zero-order valence-corrected chi connectivity index (χ0v) is 15.2. The Morgan fingerprint density at radius 2 is 1.65 bits per heavy atom. The zero-order chi connectivity index (χ0) is 18.5. The van der Waals surface area contributed by atoms with Crippen molar-refractivity contribution in [1.29, 1.82) is 0 Å². The van der Waals surface area contributed by atoms with Crippen LogP contribution in [-0.4, -0.2) is 15.9 Å². The SMILES string of the molecule is Cc1cccc(C)c1Nc1cc(C(=O)NC(C)c2ccccc2)ncn1. The van der Waals surface area contributed by atoms with Crippen molar-refractivity contribution >= 4 is 17.4 Å². The molecule has 0 aliphatic carbocycles. The third-order valence-corrected chi connectivity index (χ3v) is 4.28. The van der Waals surface area contributed by atoms with Gasteiger partial charge >= 0.3 is 0 Å². The second-order valence-electron chi connectivity index (χ2n) is 6.29. The highest BCUT2D eigenvalue weighted by Crippen LogP contribution is 2.23. The van der Waals surface area contributed by atoms with E-state index < -0.39 is 0 Å². The number of benzene rings is 2. The fourth-order valence-electron chi connectivity index (χ4n) is 2.79. The van der Waals surface area contributed by atoms with Gasteiger partial charge in [-0.15, -0.1) is 0 Å². The van der Waals surface area contributed by atoms with E-state index in [1.165, 1.54) is 6.33 Å². The Balaban J connectivity index is 1.75. The van der Waals surface area contributed by atoms with Gasteiger partial charge in [0.2, 0.25) is 0 Å². The van der Waals surface area contributed by atoms with Crippen LogP contribution in [0, 0.1) is 13.8 Å². The number of carbonyl (C=O) groups excluding carboxylic acids is 1. The standard InChI is InChI=1S/C21H22N4O/c1-14-8-7-9-15(2)20(14)25-19-12-18(22-13-23-19)21(26)24-16(3)17-10-5-4-6-11-17/h4-13,16H,1-3H3,(H,24,26)(H,22,23,25). The molecule has 132 valence electrons. The summed E-state index contributed by atoms with van der Waals surface area (Å²) in [5.41, 5.74) is 4.61. The summed E-state index contributed by atoms with van der Waals surface area (Å²) in [4.78, 5) is 20.9. The number of anilines is 2. The van der Waals surface area contributed by atoms with Gasteiger partial charge in [-0.2, -0.15) is 0 Å². The number of hydrogen-bond donors (Lipinski definition) is 2. The lowest BCUT2D eigenvalue weighted by Gasteiger charge is -2.15. The molecule has 1 amide bonds. The summed E-state index contributed by atoms with van der Waals surface area (Å²) < 4.78 is 0. The molecule has 0 bridgehead atoms. The Morgan fingerprint density at radius 3 is 2.35 bits per heavy atom. The normalized spacial score (nSPS) is 11.7. The molecule has 0 saturated carbocycles. The molecule has 0 spiro atoms. The zero-order valence-electron chi connectivity index (χ0n) is 15.2. The molecular weight excluding hydrogens is 324 g/mol. The first-order chi connectivity index (χ1) is 12.5. The molecule has 0 aliphatic heterocycles. The molecule has 1 aromatic heterocycles. The number of nitrogens with one attached hydrogen (secondary N) is 2. The van der Waals surface area contributed by atoms with Crippen LogP contribution in [0.25, 0.3) is 0 Å². The Kier molecular flexibility index (Phi) is 5.27. The van der Waals surface area contributed by atoms with Gasteiger partial charge in [0.15, 0.2) is 0 Å². The van der Waals surface area contributed by atoms with Gasteiger partial charge in [-0.1, -0.05) is 48.5 Å². The number of carbonyl (C=O) groups is 1. The van der Waals surface area contributed by atoms with Crippen LogP contribution in [0.4, 0.5) is 11.5 Å². The minimum atomic E-state index is -0.228. The van der Waals surface area contributed by atoms with Crippen molar-refractivity contribution in [2.24, 2.45) is 0 Å². The van der Waals surface area contributed by atoms with E-state index in [0.717, 1.165) is 22.4 Å². The van der Waals surface area contributed by atoms with E-state index in [2.05, 4.69) is 20.6 Å². The molecule has 0 radical (unpaired) electrons. The average molecular weight is 346 g/mol. The van der Waals surface area contributed by atoms with Gasteiger partial charge in [0.1, 0.15) is 17.8 Å². The fraction of sp³-hybridized carbons (Fsp3) is 0.190. The van der Waals surface area contributed by atoms with Crippen molar-refractivity contribution < 1.29 is 4.79 Å². The number of para-hydroxylation sites is 1. The summed E-state index contributed by atoms with van der Waals surface area (Å²) in [6, 6.07) is 17.5. The predicted molar refractivity (Wildman–Crippen MR) is 104 cm³/mol. The Morgan fingerprint density at radius 1 is 0.962 bits per heavy atom. The summed E-state index contributed by atoms with van der Waals surface area (Å²) >= 11 is 0. The average Bonchev–Trinajstić information content (AvgIpc) is 2.66. The van der Waals surface area contributed by atoms with Crippen LogP contribution in [0.1, 0.15) is 40.1 Å². The first-order valence-corrected chi connectivity index (χ1v) is 8.55. The van der Waals surface area contributed by atoms with E-state index >= 15 is 0 Å². The molecule has 0 fully saturated rings. The van der Waals surface area contributed by atoms with E-state index in [9.17, 15) is 4.79 Å². The van der Waals surface area contributed by atoms with Gasteiger partial charge in [-0.25, -0.2) is 9.97 Å². The maximum atomic E-state index is 12.5. The second kappa shape index (κ2) is 7.78.